The molecule has 1 aromatic rings. The van der Waals surface area contributed by atoms with Crippen LogP contribution in [0.3, 0.4) is 0 Å². The van der Waals surface area contributed by atoms with Crippen molar-refractivity contribution in [2.75, 3.05) is 32.9 Å². The molecule has 0 saturated heterocycles. The van der Waals surface area contributed by atoms with Gasteiger partial charge >= 0.3 is 0 Å². The molecule has 0 radical (unpaired) electrons. The van der Waals surface area contributed by atoms with E-state index < -0.39 is 10.0 Å². The third-order valence-electron chi connectivity index (χ3n) is 2.99. The van der Waals surface area contributed by atoms with Crippen LogP contribution < -0.4 is 10.5 Å². The van der Waals surface area contributed by atoms with Gasteiger partial charge in [-0.25, -0.2) is 13.1 Å². The Morgan fingerprint density at radius 1 is 1.30 bits per heavy atom. The van der Waals surface area contributed by atoms with E-state index in [1.54, 1.807) is 6.92 Å². The van der Waals surface area contributed by atoms with Gasteiger partial charge in [0.1, 0.15) is 0 Å². The largest absolute Gasteiger partial charge is 0.398 e. The van der Waals surface area contributed by atoms with Crippen LogP contribution in [0.4, 0.5) is 5.69 Å². The van der Waals surface area contributed by atoms with E-state index in [1.165, 1.54) is 12.1 Å². The SMILES string of the molecule is Cc1c(N)cc(S(=O)(=O)NCCCCN(C)C)cc1Cl. The third-order valence-corrected chi connectivity index (χ3v) is 4.83. The highest BCUT2D eigenvalue weighted by molar-refractivity contribution is 7.89. The van der Waals surface area contributed by atoms with Crippen molar-refractivity contribution in [1.82, 2.24) is 9.62 Å². The Kier molecular flexibility index (Phi) is 6.26. The minimum absolute atomic E-state index is 0.109. The lowest BCUT2D eigenvalue weighted by molar-refractivity contribution is 0.394. The van der Waals surface area contributed by atoms with Crippen LogP contribution in [0.5, 0.6) is 0 Å². The normalized spacial score (nSPS) is 12.1. The maximum absolute atomic E-state index is 12.1. The molecule has 1 rings (SSSR count). The molecule has 0 spiro atoms. The molecule has 0 atom stereocenters. The molecule has 20 heavy (non-hydrogen) atoms. The molecule has 0 unspecified atom stereocenters. The average Bonchev–Trinajstić information content (AvgIpc) is 2.34. The second kappa shape index (κ2) is 7.26. The van der Waals surface area contributed by atoms with Crippen LogP contribution in [0.25, 0.3) is 0 Å². The maximum Gasteiger partial charge on any atom is 0.240 e. The number of nitrogens with one attached hydrogen (secondary N) is 1. The fraction of sp³-hybridized carbons (Fsp3) is 0.538. The van der Waals surface area contributed by atoms with E-state index >= 15 is 0 Å². The van der Waals surface area contributed by atoms with Crippen molar-refractivity contribution in [3.05, 3.63) is 22.7 Å². The van der Waals surface area contributed by atoms with Crippen LogP contribution in [-0.4, -0.2) is 40.5 Å². The summed E-state index contributed by atoms with van der Waals surface area (Å²) in [5, 5.41) is 0.359. The minimum Gasteiger partial charge on any atom is -0.398 e. The van der Waals surface area contributed by atoms with E-state index in [-0.39, 0.29) is 4.90 Å². The summed E-state index contributed by atoms with van der Waals surface area (Å²) >= 11 is 5.97. The highest BCUT2D eigenvalue weighted by Gasteiger charge is 2.16. The van der Waals surface area contributed by atoms with Crippen molar-refractivity contribution >= 4 is 27.3 Å². The van der Waals surface area contributed by atoms with E-state index in [2.05, 4.69) is 9.62 Å². The number of sulfonamides is 1. The van der Waals surface area contributed by atoms with Gasteiger partial charge in [0.05, 0.1) is 4.90 Å². The van der Waals surface area contributed by atoms with Gasteiger partial charge in [0.2, 0.25) is 10.0 Å². The number of nitrogens with zero attached hydrogens (tertiary/aromatic N) is 1. The molecule has 0 fully saturated rings. The van der Waals surface area contributed by atoms with Crippen molar-refractivity contribution in [2.24, 2.45) is 0 Å². The lowest BCUT2D eigenvalue weighted by Crippen LogP contribution is -2.25. The van der Waals surface area contributed by atoms with Crippen LogP contribution >= 0.6 is 11.6 Å². The molecular formula is C13H22ClN3O2S. The molecule has 0 amide bonds. The van der Waals surface area contributed by atoms with Crippen molar-refractivity contribution in [1.29, 1.82) is 0 Å². The van der Waals surface area contributed by atoms with Gasteiger partial charge in [0, 0.05) is 17.3 Å². The number of unbranched alkanes of at least 4 members (excludes halogenated alkanes) is 1. The van der Waals surface area contributed by atoms with E-state index in [1.807, 2.05) is 14.1 Å². The van der Waals surface area contributed by atoms with Crippen LogP contribution in [0, 0.1) is 6.92 Å². The zero-order valence-electron chi connectivity index (χ0n) is 12.1. The minimum atomic E-state index is -3.55. The Morgan fingerprint density at radius 3 is 2.50 bits per heavy atom. The van der Waals surface area contributed by atoms with E-state index in [9.17, 15) is 8.42 Å². The quantitative estimate of drug-likeness (QED) is 0.594. The first-order valence-corrected chi connectivity index (χ1v) is 8.30. The van der Waals surface area contributed by atoms with Crippen LogP contribution in [-0.2, 0) is 10.0 Å². The number of rotatable bonds is 7. The fourth-order valence-electron chi connectivity index (χ4n) is 1.67. The van der Waals surface area contributed by atoms with Gasteiger partial charge in [0.15, 0.2) is 0 Å². The van der Waals surface area contributed by atoms with Crippen LogP contribution in [0.15, 0.2) is 17.0 Å². The second-order valence-corrected chi connectivity index (χ2v) is 7.20. The molecule has 0 heterocycles. The number of halogens is 1. The van der Waals surface area contributed by atoms with Gasteiger partial charge in [0.25, 0.3) is 0 Å². The molecule has 0 aliphatic carbocycles. The summed E-state index contributed by atoms with van der Waals surface area (Å²) in [5.41, 5.74) is 6.82. The Hall–Kier alpha value is -0.820. The summed E-state index contributed by atoms with van der Waals surface area (Å²) in [6.45, 7) is 3.09. The smallest absolute Gasteiger partial charge is 0.240 e. The maximum atomic E-state index is 12.1. The monoisotopic (exact) mass is 319 g/mol. The lowest BCUT2D eigenvalue weighted by Gasteiger charge is -2.11. The zero-order chi connectivity index (χ0) is 15.3. The number of hydrogen-bond donors (Lipinski definition) is 2. The predicted octanol–water partition coefficient (Wildman–Crippen LogP) is 1.85. The van der Waals surface area contributed by atoms with Gasteiger partial charge in [-0.3, -0.25) is 0 Å². The fourth-order valence-corrected chi connectivity index (χ4v) is 3.10. The highest BCUT2D eigenvalue weighted by atomic mass is 35.5. The van der Waals surface area contributed by atoms with E-state index in [4.69, 9.17) is 17.3 Å². The first-order chi connectivity index (χ1) is 9.24. The number of anilines is 1. The second-order valence-electron chi connectivity index (χ2n) is 5.03. The van der Waals surface area contributed by atoms with Gasteiger partial charge in [-0.1, -0.05) is 11.6 Å². The Balaban J connectivity index is 2.65. The van der Waals surface area contributed by atoms with Gasteiger partial charge in [-0.15, -0.1) is 0 Å². The summed E-state index contributed by atoms with van der Waals surface area (Å²) in [5.74, 6) is 0. The van der Waals surface area contributed by atoms with Gasteiger partial charge in [-0.2, -0.15) is 0 Å². The molecule has 0 bridgehead atoms. The first kappa shape index (κ1) is 17.2. The molecule has 114 valence electrons. The van der Waals surface area contributed by atoms with E-state index in [0.29, 0.717) is 22.8 Å². The highest BCUT2D eigenvalue weighted by Crippen LogP contribution is 2.25. The third kappa shape index (κ3) is 4.94. The molecule has 0 aliphatic heterocycles. The van der Waals surface area contributed by atoms with Gasteiger partial charge < -0.3 is 10.6 Å². The molecule has 7 heteroatoms. The van der Waals surface area contributed by atoms with E-state index in [0.717, 1.165) is 19.4 Å². The number of benzene rings is 1. The average molecular weight is 320 g/mol. The topological polar surface area (TPSA) is 75.4 Å². The number of nitrogens with two attached hydrogens (primary N) is 1. The van der Waals surface area contributed by atoms with Crippen molar-refractivity contribution in [2.45, 2.75) is 24.7 Å². The van der Waals surface area contributed by atoms with Crippen molar-refractivity contribution < 1.29 is 8.42 Å². The van der Waals surface area contributed by atoms with Gasteiger partial charge in [-0.05, 0) is 58.1 Å². The summed E-state index contributed by atoms with van der Waals surface area (Å²) in [6, 6.07) is 2.86. The Morgan fingerprint density at radius 2 is 1.95 bits per heavy atom. The molecule has 1 aromatic carbocycles. The standard InChI is InChI=1S/C13H22ClN3O2S/c1-10-12(14)8-11(9-13(10)15)20(18,19)16-6-4-5-7-17(2)3/h8-9,16H,4-7,15H2,1-3H3. The molecule has 0 saturated carbocycles. The van der Waals surface area contributed by atoms with Crippen molar-refractivity contribution in [3.63, 3.8) is 0 Å². The summed E-state index contributed by atoms with van der Waals surface area (Å²) in [6.07, 6.45) is 1.72. The summed E-state index contributed by atoms with van der Waals surface area (Å²) in [4.78, 5) is 2.17. The summed E-state index contributed by atoms with van der Waals surface area (Å²) in [7, 11) is 0.424. The van der Waals surface area contributed by atoms with Crippen LogP contribution in [0.2, 0.25) is 5.02 Å². The molecule has 0 aliphatic rings. The van der Waals surface area contributed by atoms with Crippen LogP contribution in [0.1, 0.15) is 18.4 Å². The zero-order valence-corrected chi connectivity index (χ0v) is 13.7. The molecule has 3 N–H and O–H groups in total. The lowest BCUT2D eigenvalue weighted by atomic mass is 10.2. The predicted molar refractivity (Wildman–Crippen MR) is 83.6 cm³/mol. The molecule has 5 nitrogen and oxygen atoms in total. The first-order valence-electron chi connectivity index (χ1n) is 6.44. The number of hydrogen-bond acceptors (Lipinski definition) is 4. The Bertz CT molecular complexity index is 536. The number of nitrogen functional groups attached to an aromatic ring is 1. The molecular weight excluding hydrogens is 298 g/mol. The molecule has 0 aromatic heterocycles. The van der Waals surface area contributed by atoms with Crippen molar-refractivity contribution in [3.8, 4) is 0 Å². The summed E-state index contributed by atoms with van der Waals surface area (Å²) < 4.78 is 26.8. The Labute approximate surface area is 126 Å².